The third-order valence-corrected chi connectivity index (χ3v) is 6.09. The Morgan fingerprint density at radius 2 is 1.73 bits per heavy atom. The van der Waals surface area contributed by atoms with Crippen molar-refractivity contribution in [3.05, 3.63) is 72.9 Å². The predicted molar refractivity (Wildman–Crippen MR) is 117 cm³/mol. The van der Waals surface area contributed by atoms with Crippen LogP contribution in [0, 0.1) is 0 Å². The summed E-state index contributed by atoms with van der Waals surface area (Å²) in [6, 6.07) is 20.2. The van der Waals surface area contributed by atoms with Gasteiger partial charge >= 0.3 is 0 Å². The molecule has 4 aromatic rings. The van der Waals surface area contributed by atoms with Crippen LogP contribution in [0.5, 0.6) is 5.75 Å². The van der Waals surface area contributed by atoms with E-state index in [0.29, 0.717) is 11.6 Å². The Morgan fingerprint density at radius 1 is 0.967 bits per heavy atom. The molecule has 0 spiro atoms. The molecule has 7 nitrogen and oxygen atoms in total. The van der Waals surface area contributed by atoms with Gasteiger partial charge in [-0.25, -0.2) is 23.1 Å². The van der Waals surface area contributed by atoms with Gasteiger partial charge in [0, 0.05) is 22.8 Å². The van der Waals surface area contributed by atoms with Gasteiger partial charge in [0.15, 0.2) is 0 Å². The summed E-state index contributed by atoms with van der Waals surface area (Å²) >= 11 is 0. The Hall–Kier alpha value is -3.49. The zero-order chi connectivity index (χ0) is 21.1. The van der Waals surface area contributed by atoms with Crippen LogP contribution in [0.2, 0.25) is 0 Å². The number of benzene rings is 3. The molecule has 4 rings (SSSR count). The molecule has 0 amide bonds. The Bertz CT molecular complexity index is 1310. The monoisotopic (exact) mass is 420 g/mol. The first-order valence-corrected chi connectivity index (χ1v) is 10.7. The quantitative estimate of drug-likeness (QED) is 0.491. The fourth-order valence-corrected chi connectivity index (χ4v) is 3.88. The van der Waals surface area contributed by atoms with Gasteiger partial charge in [0.1, 0.15) is 5.75 Å². The highest BCUT2D eigenvalue weighted by molar-refractivity contribution is 7.89. The van der Waals surface area contributed by atoms with Gasteiger partial charge in [-0.05, 0) is 42.9 Å². The molecule has 0 unspecified atom stereocenters. The number of anilines is 2. The molecule has 0 bridgehead atoms. The van der Waals surface area contributed by atoms with Gasteiger partial charge < -0.3 is 10.1 Å². The van der Waals surface area contributed by atoms with Crippen LogP contribution in [0.15, 0.2) is 77.8 Å². The number of hydrogen-bond acceptors (Lipinski definition) is 6. The number of nitrogens with zero attached hydrogens (tertiary/aromatic N) is 2. The van der Waals surface area contributed by atoms with Crippen molar-refractivity contribution < 1.29 is 13.2 Å². The highest BCUT2D eigenvalue weighted by Gasteiger charge is 2.12. The zero-order valence-electron chi connectivity index (χ0n) is 16.5. The van der Waals surface area contributed by atoms with Crippen molar-refractivity contribution in [3.63, 3.8) is 0 Å². The lowest BCUT2D eigenvalue weighted by Gasteiger charge is -2.10. The average Bonchev–Trinajstić information content (AvgIpc) is 2.79. The summed E-state index contributed by atoms with van der Waals surface area (Å²) in [5, 5.41) is 4.00. The topological polar surface area (TPSA) is 93.2 Å². The average molecular weight is 420 g/mol. The van der Waals surface area contributed by atoms with Crippen LogP contribution in [-0.2, 0) is 10.0 Å². The van der Waals surface area contributed by atoms with Gasteiger partial charge in [-0.2, -0.15) is 0 Å². The van der Waals surface area contributed by atoms with Crippen LogP contribution in [-0.4, -0.2) is 32.5 Å². The van der Waals surface area contributed by atoms with E-state index in [1.165, 1.54) is 19.2 Å². The number of fused-ring (bicyclic) bond motifs is 1. The minimum atomic E-state index is -3.54. The van der Waals surface area contributed by atoms with E-state index in [9.17, 15) is 8.42 Å². The molecule has 152 valence electrons. The van der Waals surface area contributed by atoms with E-state index in [2.05, 4.69) is 20.0 Å². The molecule has 0 saturated carbocycles. The SMILES string of the molecule is CNS(=O)(=O)c1cccc(Nc2ncc3cccc(-c4ccc(OC)cc4)c3n2)c1. The van der Waals surface area contributed by atoms with E-state index in [-0.39, 0.29) is 4.90 Å². The molecule has 0 aliphatic rings. The lowest BCUT2D eigenvalue weighted by Crippen LogP contribution is -2.18. The Labute approximate surface area is 174 Å². The summed E-state index contributed by atoms with van der Waals surface area (Å²) in [5.41, 5.74) is 3.34. The Balaban J connectivity index is 1.72. The van der Waals surface area contributed by atoms with Gasteiger partial charge in [-0.1, -0.05) is 36.4 Å². The van der Waals surface area contributed by atoms with Crippen molar-refractivity contribution in [2.24, 2.45) is 0 Å². The molecule has 0 atom stereocenters. The number of sulfonamides is 1. The van der Waals surface area contributed by atoms with E-state index < -0.39 is 10.0 Å². The first-order valence-electron chi connectivity index (χ1n) is 9.21. The van der Waals surface area contributed by atoms with Crippen molar-refractivity contribution in [2.45, 2.75) is 4.90 Å². The molecule has 0 radical (unpaired) electrons. The number of rotatable bonds is 6. The molecule has 0 saturated heterocycles. The summed E-state index contributed by atoms with van der Waals surface area (Å²) in [4.78, 5) is 9.21. The van der Waals surface area contributed by atoms with Gasteiger partial charge in [-0.15, -0.1) is 0 Å². The van der Waals surface area contributed by atoms with Crippen LogP contribution in [0.25, 0.3) is 22.0 Å². The first-order chi connectivity index (χ1) is 14.5. The maximum atomic E-state index is 12.0. The second kappa shape index (κ2) is 8.10. The van der Waals surface area contributed by atoms with Crippen LogP contribution >= 0.6 is 0 Å². The number of para-hydroxylation sites is 1. The third kappa shape index (κ3) is 3.96. The van der Waals surface area contributed by atoms with Crippen molar-refractivity contribution in [3.8, 4) is 16.9 Å². The smallest absolute Gasteiger partial charge is 0.240 e. The standard InChI is InChI=1S/C22H20N4O3S/c1-23-30(27,28)19-7-4-6-17(13-19)25-22-24-14-16-5-3-8-20(21(16)26-22)15-9-11-18(29-2)12-10-15/h3-14,23H,1-2H3,(H,24,25,26). The number of nitrogens with one attached hydrogen (secondary N) is 2. The van der Waals surface area contributed by atoms with E-state index in [4.69, 9.17) is 4.74 Å². The van der Waals surface area contributed by atoms with Crippen LogP contribution in [0.4, 0.5) is 11.6 Å². The number of ether oxygens (including phenoxy) is 1. The van der Waals surface area contributed by atoms with Gasteiger partial charge in [0.25, 0.3) is 0 Å². The highest BCUT2D eigenvalue weighted by Crippen LogP contribution is 2.29. The van der Waals surface area contributed by atoms with E-state index in [1.807, 2.05) is 42.5 Å². The lowest BCUT2D eigenvalue weighted by atomic mass is 10.0. The minimum Gasteiger partial charge on any atom is -0.497 e. The predicted octanol–water partition coefficient (Wildman–Crippen LogP) is 3.96. The van der Waals surface area contributed by atoms with E-state index in [1.54, 1.807) is 25.4 Å². The molecule has 3 aromatic carbocycles. The molecular formula is C22H20N4O3S. The second-order valence-corrected chi connectivity index (χ2v) is 8.41. The molecule has 2 N–H and O–H groups in total. The van der Waals surface area contributed by atoms with Crippen LogP contribution in [0.3, 0.4) is 0 Å². The minimum absolute atomic E-state index is 0.162. The van der Waals surface area contributed by atoms with Gasteiger partial charge in [-0.3, -0.25) is 0 Å². The largest absolute Gasteiger partial charge is 0.497 e. The fourth-order valence-electron chi connectivity index (χ4n) is 3.11. The number of methoxy groups -OCH3 is 1. The van der Waals surface area contributed by atoms with Crippen molar-refractivity contribution >= 4 is 32.6 Å². The maximum Gasteiger partial charge on any atom is 0.240 e. The molecule has 8 heteroatoms. The molecule has 0 aliphatic heterocycles. The van der Waals surface area contributed by atoms with Gasteiger partial charge in [0.05, 0.1) is 17.5 Å². The molecule has 0 aliphatic carbocycles. The number of aromatic nitrogens is 2. The lowest BCUT2D eigenvalue weighted by molar-refractivity contribution is 0.415. The molecule has 30 heavy (non-hydrogen) atoms. The van der Waals surface area contributed by atoms with Crippen LogP contribution < -0.4 is 14.8 Å². The summed E-state index contributed by atoms with van der Waals surface area (Å²) in [6.45, 7) is 0. The maximum absolute atomic E-state index is 12.0. The second-order valence-electron chi connectivity index (χ2n) is 6.53. The summed E-state index contributed by atoms with van der Waals surface area (Å²) in [5.74, 6) is 1.16. The zero-order valence-corrected chi connectivity index (χ0v) is 17.3. The Morgan fingerprint density at radius 3 is 2.47 bits per heavy atom. The molecular weight excluding hydrogens is 400 g/mol. The van der Waals surface area contributed by atoms with Crippen molar-refractivity contribution in [2.75, 3.05) is 19.5 Å². The molecule has 1 heterocycles. The molecule has 0 fully saturated rings. The summed E-state index contributed by atoms with van der Waals surface area (Å²) in [6.07, 6.45) is 1.74. The van der Waals surface area contributed by atoms with Crippen molar-refractivity contribution in [1.29, 1.82) is 0 Å². The fraction of sp³-hybridized carbons (Fsp3) is 0.0909. The van der Waals surface area contributed by atoms with Crippen LogP contribution in [0.1, 0.15) is 0 Å². The van der Waals surface area contributed by atoms with Crippen molar-refractivity contribution in [1.82, 2.24) is 14.7 Å². The number of hydrogen-bond donors (Lipinski definition) is 2. The summed E-state index contributed by atoms with van der Waals surface area (Å²) < 4.78 is 31.6. The first kappa shape index (κ1) is 19.8. The van der Waals surface area contributed by atoms with Gasteiger partial charge in [0.2, 0.25) is 16.0 Å². The molecule has 1 aromatic heterocycles. The third-order valence-electron chi connectivity index (χ3n) is 4.68. The highest BCUT2D eigenvalue weighted by atomic mass is 32.2. The van der Waals surface area contributed by atoms with E-state index in [0.717, 1.165) is 27.8 Å². The Kier molecular flexibility index (Phi) is 5.35. The normalized spacial score (nSPS) is 11.4. The van der Waals surface area contributed by atoms with E-state index >= 15 is 0 Å². The summed E-state index contributed by atoms with van der Waals surface area (Å²) in [7, 11) is -0.526.